The number of imide groups is 1. The lowest BCUT2D eigenvalue weighted by Crippen LogP contribution is -2.52. The van der Waals surface area contributed by atoms with Crippen molar-refractivity contribution in [1.29, 1.82) is 0 Å². The number of nitrogens with one attached hydrogen (secondary N) is 1. The number of rotatable bonds is 0. The quantitative estimate of drug-likeness (QED) is 0.616. The van der Waals surface area contributed by atoms with Crippen LogP contribution in [-0.4, -0.2) is 16.9 Å². The summed E-state index contributed by atoms with van der Waals surface area (Å²) in [6.07, 6.45) is 0. The lowest BCUT2D eigenvalue weighted by atomic mass is 10.1. The fraction of sp³-hybridized carbons (Fsp3) is 0.111. The number of hydrazine groups is 1. The second-order valence-corrected chi connectivity index (χ2v) is 2.97. The van der Waals surface area contributed by atoms with Crippen molar-refractivity contribution in [3.05, 3.63) is 35.4 Å². The first kappa shape index (κ1) is 8.71. The molecule has 1 aliphatic rings. The zero-order valence-corrected chi connectivity index (χ0v) is 7.36. The van der Waals surface area contributed by atoms with Crippen molar-refractivity contribution in [3.63, 3.8) is 0 Å². The van der Waals surface area contributed by atoms with Crippen molar-refractivity contribution in [3.8, 4) is 0 Å². The van der Waals surface area contributed by atoms with Gasteiger partial charge in [-0.1, -0.05) is 18.2 Å². The van der Waals surface area contributed by atoms with Crippen LogP contribution < -0.4 is 11.2 Å². The molecule has 1 aromatic rings. The van der Waals surface area contributed by atoms with Crippen LogP contribution in [0.4, 0.5) is 4.79 Å². The van der Waals surface area contributed by atoms with Crippen molar-refractivity contribution in [1.82, 2.24) is 10.4 Å². The number of amides is 3. The summed E-state index contributed by atoms with van der Waals surface area (Å²) in [4.78, 5) is 22.5. The SMILES string of the molecule is NC(=O)N1NCc2ccccc2C1=O. The van der Waals surface area contributed by atoms with Crippen molar-refractivity contribution >= 4 is 11.9 Å². The summed E-state index contributed by atoms with van der Waals surface area (Å²) >= 11 is 0. The van der Waals surface area contributed by atoms with Crippen molar-refractivity contribution in [2.75, 3.05) is 0 Å². The summed E-state index contributed by atoms with van der Waals surface area (Å²) < 4.78 is 0. The summed E-state index contributed by atoms with van der Waals surface area (Å²) in [5.74, 6) is -0.403. The molecule has 5 heteroatoms. The number of hydrogen-bond acceptors (Lipinski definition) is 3. The van der Waals surface area contributed by atoms with Gasteiger partial charge in [-0.25, -0.2) is 10.2 Å². The molecule has 3 N–H and O–H groups in total. The molecule has 0 atom stereocenters. The Morgan fingerprint density at radius 2 is 2.14 bits per heavy atom. The highest BCUT2D eigenvalue weighted by Crippen LogP contribution is 2.15. The van der Waals surface area contributed by atoms with E-state index >= 15 is 0 Å². The molecule has 0 spiro atoms. The van der Waals surface area contributed by atoms with E-state index in [1.165, 1.54) is 0 Å². The highest BCUT2D eigenvalue weighted by Gasteiger charge is 2.26. The predicted octanol–water partition coefficient (Wildman–Crippen LogP) is 0.226. The lowest BCUT2D eigenvalue weighted by Gasteiger charge is -2.25. The Morgan fingerprint density at radius 1 is 1.43 bits per heavy atom. The van der Waals surface area contributed by atoms with Crippen LogP contribution in [-0.2, 0) is 6.54 Å². The van der Waals surface area contributed by atoms with Crippen LogP contribution in [0.5, 0.6) is 0 Å². The van der Waals surface area contributed by atoms with Gasteiger partial charge in [0, 0.05) is 12.1 Å². The standard InChI is InChI=1S/C9H9N3O2/c10-9(14)12-8(13)7-4-2-1-3-6(7)5-11-12/h1-4,11H,5H2,(H2,10,14). The van der Waals surface area contributed by atoms with Gasteiger partial charge in [0.25, 0.3) is 5.91 Å². The van der Waals surface area contributed by atoms with Crippen molar-refractivity contribution in [2.24, 2.45) is 5.73 Å². The minimum atomic E-state index is -0.787. The maximum atomic E-state index is 11.6. The summed E-state index contributed by atoms with van der Waals surface area (Å²) in [5, 5.41) is 0.822. The molecule has 72 valence electrons. The number of hydrogen-bond donors (Lipinski definition) is 2. The largest absolute Gasteiger partial charge is 0.350 e. The minimum Gasteiger partial charge on any atom is -0.350 e. The molecule has 3 amide bonds. The van der Waals surface area contributed by atoms with Crippen LogP contribution in [0.2, 0.25) is 0 Å². The third-order valence-electron chi connectivity index (χ3n) is 2.10. The summed E-state index contributed by atoms with van der Waals surface area (Å²) in [6, 6.07) is 6.31. The van der Waals surface area contributed by atoms with Crippen molar-refractivity contribution in [2.45, 2.75) is 6.54 Å². The van der Waals surface area contributed by atoms with E-state index in [0.717, 1.165) is 10.6 Å². The average molecular weight is 191 g/mol. The van der Waals surface area contributed by atoms with Gasteiger partial charge in [-0.15, -0.1) is 0 Å². The second-order valence-electron chi connectivity index (χ2n) is 2.97. The van der Waals surface area contributed by atoms with Gasteiger partial charge in [-0.05, 0) is 11.6 Å². The summed E-state index contributed by atoms with van der Waals surface area (Å²) in [6.45, 7) is 0.435. The van der Waals surface area contributed by atoms with Gasteiger partial charge in [0.2, 0.25) is 0 Å². The molecule has 14 heavy (non-hydrogen) atoms. The number of nitrogens with two attached hydrogens (primary N) is 1. The molecular weight excluding hydrogens is 182 g/mol. The zero-order valence-electron chi connectivity index (χ0n) is 7.36. The first-order chi connectivity index (χ1) is 6.70. The van der Waals surface area contributed by atoms with Gasteiger partial charge in [-0.3, -0.25) is 4.79 Å². The van der Waals surface area contributed by atoms with Crippen molar-refractivity contribution < 1.29 is 9.59 Å². The fourth-order valence-electron chi connectivity index (χ4n) is 1.42. The molecule has 5 nitrogen and oxygen atoms in total. The predicted molar refractivity (Wildman–Crippen MR) is 49.0 cm³/mol. The molecule has 0 saturated carbocycles. The van der Waals surface area contributed by atoms with Gasteiger partial charge in [0.15, 0.2) is 0 Å². The second kappa shape index (κ2) is 3.12. The molecule has 2 rings (SSSR count). The van der Waals surface area contributed by atoms with Crippen LogP contribution in [0.3, 0.4) is 0 Å². The molecule has 1 heterocycles. The zero-order chi connectivity index (χ0) is 10.1. The highest BCUT2D eigenvalue weighted by molar-refractivity contribution is 6.04. The topological polar surface area (TPSA) is 75.4 Å². The number of fused-ring (bicyclic) bond motifs is 1. The van der Waals surface area contributed by atoms with E-state index in [1.807, 2.05) is 12.1 Å². The van der Waals surface area contributed by atoms with E-state index in [2.05, 4.69) is 5.43 Å². The number of urea groups is 1. The highest BCUT2D eigenvalue weighted by atomic mass is 16.2. The van der Waals surface area contributed by atoms with Crippen LogP contribution in [0.25, 0.3) is 0 Å². The van der Waals surface area contributed by atoms with Crippen LogP contribution >= 0.6 is 0 Å². The van der Waals surface area contributed by atoms with Gasteiger partial charge in [0.05, 0.1) is 0 Å². The summed E-state index contributed by atoms with van der Waals surface area (Å²) in [5.41, 5.74) is 9.04. The molecule has 0 saturated heterocycles. The van der Waals surface area contributed by atoms with Crippen LogP contribution in [0, 0.1) is 0 Å². The first-order valence-corrected chi connectivity index (χ1v) is 4.15. The monoisotopic (exact) mass is 191 g/mol. The maximum Gasteiger partial charge on any atom is 0.336 e. The number of carbonyl (C=O) groups is 2. The number of nitrogens with zero attached hydrogens (tertiary/aromatic N) is 1. The van der Waals surface area contributed by atoms with E-state index in [0.29, 0.717) is 12.1 Å². The van der Waals surface area contributed by atoms with E-state index in [1.54, 1.807) is 12.1 Å². The Hall–Kier alpha value is -1.88. The number of primary amides is 1. The van der Waals surface area contributed by atoms with Gasteiger partial charge in [-0.2, -0.15) is 5.01 Å². The first-order valence-electron chi connectivity index (χ1n) is 4.15. The van der Waals surface area contributed by atoms with Gasteiger partial charge >= 0.3 is 6.03 Å². The Balaban J connectivity index is 2.41. The molecular formula is C9H9N3O2. The maximum absolute atomic E-state index is 11.6. The van der Waals surface area contributed by atoms with Crippen LogP contribution in [0.1, 0.15) is 15.9 Å². The minimum absolute atomic E-state index is 0.403. The van der Waals surface area contributed by atoms with E-state index in [9.17, 15) is 9.59 Å². The summed E-state index contributed by atoms with van der Waals surface area (Å²) in [7, 11) is 0. The molecule has 1 aliphatic heterocycles. The van der Waals surface area contributed by atoms with E-state index in [-0.39, 0.29) is 0 Å². The molecule has 0 aromatic heterocycles. The normalized spacial score (nSPS) is 15.1. The molecule has 0 fully saturated rings. The van der Waals surface area contributed by atoms with Gasteiger partial charge in [0.1, 0.15) is 0 Å². The van der Waals surface area contributed by atoms with E-state index < -0.39 is 11.9 Å². The van der Waals surface area contributed by atoms with E-state index in [4.69, 9.17) is 5.73 Å². The fourth-order valence-corrected chi connectivity index (χ4v) is 1.42. The Labute approximate surface area is 80.5 Å². The lowest BCUT2D eigenvalue weighted by molar-refractivity contribution is 0.0709. The Bertz CT molecular complexity index is 403. The Kier molecular flexibility index (Phi) is 1.94. The molecule has 0 aliphatic carbocycles. The molecule has 0 unspecified atom stereocenters. The Morgan fingerprint density at radius 3 is 2.86 bits per heavy atom. The molecule has 0 bridgehead atoms. The average Bonchev–Trinajstić information content (AvgIpc) is 2.18. The number of carbonyl (C=O) groups excluding carboxylic acids is 2. The third kappa shape index (κ3) is 1.23. The molecule has 1 aromatic carbocycles. The van der Waals surface area contributed by atoms with Crippen LogP contribution in [0.15, 0.2) is 24.3 Å². The van der Waals surface area contributed by atoms with Gasteiger partial charge < -0.3 is 5.73 Å². The third-order valence-corrected chi connectivity index (χ3v) is 2.10. The number of benzene rings is 1. The smallest absolute Gasteiger partial charge is 0.336 e. The molecule has 0 radical (unpaired) electrons.